The van der Waals surface area contributed by atoms with Crippen LogP contribution in [0.15, 0.2) is 12.1 Å². The Kier molecular flexibility index (Phi) is 4.16. The molecule has 1 N–H and O–H groups in total. The SMILES string of the molecule is Cc1ccc(C#N)c(N2CCCCCC2CO)n1. The summed E-state index contributed by atoms with van der Waals surface area (Å²) in [4.78, 5) is 6.61. The molecule has 0 radical (unpaired) electrons. The summed E-state index contributed by atoms with van der Waals surface area (Å²) < 4.78 is 0. The summed E-state index contributed by atoms with van der Waals surface area (Å²) >= 11 is 0. The maximum absolute atomic E-state index is 9.53. The van der Waals surface area contributed by atoms with Crippen molar-refractivity contribution in [2.45, 2.75) is 38.6 Å². The lowest BCUT2D eigenvalue weighted by Gasteiger charge is -2.30. The molecule has 0 bridgehead atoms. The highest BCUT2D eigenvalue weighted by Crippen LogP contribution is 2.25. The molecule has 1 aliphatic rings. The third-order valence-electron chi connectivity index (χ3n) is 3.49. The number of hydrogen-bond donors (Lipinski definition) is 1. The zero-order chi connectivity index (χ0) is 13.0. The van der Waals surface area contributed by atoms with Gasteiger partial charge in [-0.15, -0.1) is 0 Å². The molecule has 0 saturated carbocycles. The van der Waals surface area contributed by atoms with Gasteiger partial charge in [0.1, 0.15) is 11.9 Å². The van der Waals surface area contributed by atoms with Crippen molar-refractivity contribution in [3.8, 4) is 6.07 Å². The summed E-state index contributed by atoms with van der Waals surface area (Å²) in [5.41, 5.74) is 1.51. The Balaban J connectivity index is 2.38. The molecule has 4 heteroatoms. The van der Waals surface area contributed by atoms with Gasteiger partial charge in [-0.1, -0.05) is 12.8 Å². The standard InChI is InChI=1S/C14H19N3O/c1-11-6-7-12(9-15)14(16-11)17-8-4-2-3-5-13(17)10-18/h6-7,13,18H,2-5,8,10H2,1H3. The van der Waals surface area contributed by atoms with Crippen LogP contribution in [0.25, 0.3) is 0 Å². The predicted molar refractivity (Wildman–Crippen MR) is 70.4 cm³/mol. The van der Waals surface area contributed by atoms with Crippen LogP contribution >= 0.6 is 0 Å². The van der Waals surface area contributed by atoms with Crippen molar-refractivity contribution in [2.75, 3.05) is 18.1 Å². The monoisotopic (exact) mass is 245 g/mol. The molecule has 1 aromatic rings. The Morgan fingerprint density at radius 3 is 3.00 bits per heavy atom. The number of aliphatic hydroxyl groups excluding tert-OH is 1. The highest BCUT2D eigenvalue weighted by atomic mass is 16.3. The molecule has 4 nitrogen and oxygen atoms in total. The normalized spacial score (nSPS) is 20.3. The lowest BCUT2D eigenvalue weighted by atomic mass is 10.1. The zero-order valence-corrected chi connectivity index (χ0v) is 10.8. The number of rotatable bonds is 2. The van der Waals surface area contributed by atoms with E-state index in [1.165, 1.54) is 6.42 Å². The van der Waals surface area contributed by atoms with E-state index < -0.39 is 0 Å². The fraction of sp³-hybridized carbons (Fsp3) is 0.571. The van der Waals surface area contributed by atoms with Gasteiger partial charge in [0.2, 0.25) is 0 Å². The topological polar surface area (TPSA) is 60.2 Å². The van der Waals surface area contributed by atoms with Crippen LogP contribution in [0, 0.1) is 18.3 Å². The molecule has 18 heavy (non-hydrogen) atoms. The third kappa shape index (κ3) is 2.62. The van der Waals surface area contributed by atoms with Crippen molar-refractivity contribution in [1.29, 1.82) is 5.26 Å². The minimum Gasteiger partial charge on any atom is -0.394 e. The fourth-order valence-electron chi connectivity index (χ4n) is 2.50. The second-order valence-electron chi connectivity index (χ2n) is 4.81. The number of hydrogen-bond acceptors (Lipinski definition) is 4. The lowest BCUT2D eigenvalue weighted by molar-refractivity contribution is 0.254. The molecule has 0 amide bonds. The quantitative estimate of drug-likeness (QED) is 0.865. The minimum absolute atomic E-state index is 0.0916. The first kappa shape index (κ1) is 12.8. The van der Waals surface area contributed by atoms with Gasteiger partial charge >= 0.3 is 0 Å². The molecule has 96 valence electrons. The van der Waals surface area contributed by atoms with E-state index in [-0.39, 0.29) is 12.6 Å². The summed E-state index contributed by atoms with van der Waals surface area (Å²) in [6.45, 7) is 2.92. The Labute approximate surface area is 108 Å². The first-order valence-electron chi connectivity index (χ1n) is 6.51. The van der Waals surface area contributed by atoms with Gasteiger partial charge in [0.05, 0.1) is 18.2 Å². The molecule has 1 aromatic heterocycles. The van der Waals surface area contributed by atoms with E-state index in [2.05, 4.69) is 16.0 Å². The lowest BCUT2D eigenvalue weighted by Crippen LogP contribution is -2.38. The van der Waals surface area contributed by atoms with E-state index in [1.54, 1.807) is 0 Å². The van der Waals surface area contributed by atoms with E-state index in [9.17, 15) is 10.4 Å². The highest BCUT2D eigenvalue weighted by Gasteiger charge is 2.23. The summed E-state index contributed by atoms with van der Waals surface area (Å²) in [6, 6.07) is 5.96. The van der Waals surface area contributed by atoms with Crippen LogP contribution < -0.4 is 4.90 Å². The van der Waals surface area contributed by atoms with Crippen LogP contribution in [-0.4, -0.2) is 29.3 Å². The number of aliphatic hydroxyl groups is 1. The van der Waals surface area contributed by atoms with Crippen LogP contribution in [0.1, 0.15) is 36.9 Å². The van der Waals surface area contributed by atoms with E-state index in [0.717, 1.165) is 37.3 Å². The predicted octanol–water partition coefficient (Wildman–Crippen LogP) is 2.00. The largest absolute Gasteiger partial charge is 0.394 e. The van der Waals surface area contributed by atoms with Crippen LogP contribution in [0.2, 0.25) is 0 Å². The number of nitriles is 1. The average molecular weight is 245 g/mol. The van der Waals surface area contributed by atoms with Crippen molar-refractivity contribution < 1.29 is 5.11 Å². The second kappa shape index (κ2) is 5.83. The van der Waals surface area contributed by atoms with Gasteiger partial charge in [0.15, 0.2) is 0 Å². The fourth-order valence-corrected chi connectivity index (χ4v) is 2.50. The number of aromatic nitrogens is 1. The Morgan fingerprint density at radius 2 is 2.28 bits per heavy atom. The number of aryl methyl sites for hydroxylation is 1. The maximum atomic E-state index is 9.53. The molecule has 1 atom stereocenters. The summed E-state index contributed by atoms with van der Waals surface area (Å²) in [7, 11) is 0. The Morgan fingerprint density at radius 1 is 1.44 bits per heavy atom. The van der Waals surface area contributed by atoms with Crippen LogP contribution in [0.5, 0.6) is 0 Å². The Hall–Kier alpha value is -1.60. The molecular weight excluding hydrogens is 226 g/mol. The van der Waals surface area contributed by atoms with Crippen molar-refractivity contribution in [1.82, 2.24) is 4.98 Å². The molecule has 1 unspecified atom stereocenters. The van der Waals surface area contributed by atoms with E-state index >= 15 is 0 Å². The van der Waals surface area contributed by atoms with E-state index in [4.69, 9.17) is 0 Å². The van der Waals surface area contributed by atoms with E-state index in [0.29, 0.717) is 5.56 Å². The Bertz CT molecular complexity index is 453. The summed E-state index contributed by atoms with van der Waals surface area (Å²) in [5.74, 6) is 0.735. The zero-order valence-electron chi connectivity index (χ0n) is 10.8. The summed E-state index contributed by atoms with van der Waals surface area (Å²) in [6.07, 6.45) is 4.38. The second-order valence-corrected chi connectivity index (χ2v) is 4.81. The van der Waals surface area contributed by atoms with Crippen molar-refractivity contribution >= 4 is 5.82 Å². The molecule has 1 saturated heterocycles. The number of pyridine rings is 1. The number of nitrogens with zero attached hydrogens (tertiary/aromatic N) is 3. The molecular formula is C14H19N3O. The van der Waals surface area contributed by atoms with Gasteiger partial charge < -0.3 is 10.0 Å². The molecule has 0 aromatic carbocycles. The van der Waals surface area contributed by atoms with E-state index in [1.807, 2.05) is 19.1 Å². The third-order valence-corrected chi connectivity index (χ3v) is 3.49. The molecule has 2 rings (SSSR count). The minimum atomic E-state index is 0.0916. The molecule has 1 aliphatic heterocycles. The van der Waals surface area contributed by atoms with Crippen LogP contribution in [0.3, 0.4) is 0 Å². The van der Waals surface area contributed by atoms with Crippen molar-refractivity contribution in [2.24, 2.45) is 0 Å². The molecule has 1 fully saturated rings. The highest BCUT2D eigenvalue weighted by molar-refractivity contribution is 5.55. The number of anilines is 1. The van der Waals surface area contributed by atoms with Crippen LogP contribution in [-0.2, 0) is 0 Å². The van der Waals surface area contributed by atoms with Crippen LogP contribution in [0.4, 0.5) is 5.82 Å². The van der Waals surface area contributed by atoms with Crippen molar-refractivity contribution in [3.05, 3.63) is 23.4 Å². The van der Waals surface area contributed by atoms with Gasteiger partial charge in [-0.25, -0.2) is 4.98 Å². The van der Waals surface area contributed by atoms with Gasteiger partial charge in [-0.2, -0.15) is 5.26 Å². The first-order valence-corrected chi connectivity index (χ1v) is 6.51. The van der Waals surface area contributed by atoms with Gasteiger partial charge in [0.25, 0.3) is 0 Å². The van der Waals surface area contributed by atoms with Gasteiger partial charge in [-0.3, -0.25) is 0 Å². The maximum Gasteiger partial charge on any atom is 0.147 e. The summed E-state index contributed by atoms with van der Waals surface area (Å²) in [5, 5.41) is 18.7. The van der Waals surface area contributed by atoms with Gasteiger partial charge in [0, 0.05) is 12.2 Å². The first-order chi connectivity index (χ1) is 8.76. The molecule has 0 spiro atoms. The molecule has 0 aliphatic carbocycles. The smallest absolute Gasteiger partial charge is 0.147 e. The van der Waals surface area contributed by atoms with Crippen molar-refractivity contribution in [3.63, 3.8) is 0 Å². The molecule has 2 heterocycles. The van der Waals surface area contributed by atoms with Gasteiger partial charge in [-0.05, 0) is 31.9 Å². The average Bonchev–Trinajstić information content (AvgIpc) is 2.63.